The predicted molar refractivity (Wildman–Crippen MR) is 105 cm³/mol. The van der Waals surface area contributed by atoms with Gasteiger partial charge in [0.05, 0.1) is 10.4 Å². The molecule has 2 N–H and O–H groups in total. The maximum absolute atomic E-state index is 12.7. The first-order valence-electron chi connectivity index (χ1n) is 8.24. The van der Waals surface area contributed by atoms with Gasteiger partial charge >= 0.3 is 0 Å². The number of benzene rings is 2. The van der Waals surface area contributed by atoms with Crippen LogP contribution in [-0.2, 0) is 10.0 Å². The highest BCUT2D eigenvalue weighted by Crippen LogP contribution is 2.27. The average molecular weight is 387 g/mol. The summed E-state index contributed by atoms with van der Waals surface area (Å²) < 4.78 is 27.0. The minimum atomic E-state index is -3.42. The van der Waals surface area contributed by atoms with Crippen LogP contribution in [0.4, 0.5) is 5.82 Å². The second kappa shape index (κ2) is 6.86. The second-order valence-electron chi connectivity index (χ2n) is 6.03. The van der Waals surface area contributed by atoms with Crippen LogP contribution in [0.1, 0.15) is 0 Å². The van der Waals surface area contributed by atoms with Crippen LogP contribution in [0.2, 0.25) is 0 Å². The molecule has 0 atom stereocenters. The molecule has 0 amide bonds. The fourth-order valence-electron chi connectivity index (χ4n) is 3.01. The van der Waals surface area contributed by atoms with Gasteiger partial charge < -0.3 is 5.73 Å². The van der Waals surface area contributed by atoms with E-state index in [-0.39, 0.29) is 0 Å². The summed E-state index contributed by atoms with van der Waals surface area (Å²) in [6.07, 6.45) is 1.44. The Bertz CT molecular complexity index is 1050. The van der Waals surface area contributed by atoms with Crippen LogP contribution >= 0.6 is 11.8 Å². The standard InChI is InChI=1S/C18H18N4O2S2/c19-18-16-11-14(3-6-17(16)20-12-21-18)13-1-4-15(5-2-13)26(23,24)22-7-9-25-10-8-22/h1-6,11-12H,7-10H2,(H2,19,20,21). The monoisotopic (exact) mass is 386 g/mol. The van der Waals surface area contributed by atoms with Crippen LogP contribution in [0.3, 0.4) is 0 Å². The number of sulfonamides is 1. The molecule has 134 valence electrons. The first-order chi connectivity index (χ1) is 12.6. The van der Waals surface area contributed by atoms with E-state index in [2.05, 4.69) is 9.97 Å². The van der Waals surface area contributed by atoms with Crippen molar-refractivity contribution in [3.05, 3.63) is 48.8 Å². The number of rotatable bonds is 3. The minimum Gasteiger partial charge on any atom is -0.383 e. The molecule has 6 nitrogen and oxygen atoms in total. The molecule has 3 aromatic rings. The molecule has 0 spiro atoms. The number of nitrogens with zero attached hydrogens (tertiary/aromatic N) is 3. The summed E-state index contributed by atoms with van der Waals surface area (Å²) in [5.74, 6) is 2.12. The molecule has 0 saturated carbocycles. The largest absolute Gasteiger partial charge is 0.383 e. The van der Waals surface area contributed by atoms with E-state index < -0.39 is 10.0 Å². The summed E-state index contributed by atoms with van der Waals surface area (Å²) in [4.78, 5) is 8.55. The van der Waals surface area contributed by atoms with Crippen LogP contribution in [0.5, 0.6) is 0 Å². The highest BCUT2D eigenvalue weighted by Gasteiger charge is 2.25. The van der Waals surface area contributed by atoms with Gasteiger partial charge in [0.25, 0.3) is 0 Å². The van der Waals surface area contributed by atoms with Crippen LogP contribution < -0.4 is 5.73 Å². The first kappa shape index (κ1) is 17.3. The molecule has 1 aliphatic rings. The van der Waals surface area contributed by atoms with E-state index in [0.29, 0.717) is 23.8 Å². The number of fused-ring (bicyclic) bond motifs is 1. The molecule has 26 heavy (non-hydrogen) atoms. The van der Waals surface area contributed by atoms with Gasteiger partial charge in [-0.1, -0.05) is 18.2 Å². The van der Waals surface area contributed by atoms with E-state index >= 15 is 0 Å². The van der Waals surface area contributed by atoms with Crippen LogP contribution in [0, 0.1) is 0 Å². The van der Waals surface area contributed by atoms with Crippen molar-refractivity contribution < 1.29 is 8.42 Å². The van der Waals surface area contributed by atoms with E-state index in [1.54, 1.807) is 28.2 Å². The van der Waals surface area contributed by atoms with Gasteiger partial charge in [0.2, 0.25) is 10.0 Å². The summed E-state index contributed by atoms with van der Waals surface area (Å²) in [6.45, 7) is 1.14. The highest BCUT2D eigenvalue weighted by atomic mass is 32.2. The molecule has 1 fully saturated rings. The molecule has 0 unspecified atom stereocenters. The first-order valence-corrected chi connectivity index (χ1v) is 10.8. The summed E-state index contributed by atoms with van der Waals surface area (Å²) in [5, 5.41) is 0.785. The zero-order valence-corrected chi connectivity index (χ0v) is 15.6. The second-order valence-corrected chi connectivity index (χ2v) is 9.19. The molecule has 1 aromatic heterocycles. The van der Waals surface area contributed by atoms with E-state index in [0.717, 1.165) is 33.5 Å². The normalized spacial score (nSPS) is 16.0. The Morgan fingerprint density at radius 3 is 2.38 bits per heavy atom. The Morgan fingerprint density at radius 2 is 1.65 bits per heavy atom. The Labute approximate surface area is 156 Å². The van der Waals surface area contributed by atoms with Gasteiger partial charge in [-0.05, 0) is 35.4 Å². The molecule has 0 bridgehead atoms. The van der Waals surface area contributed by atoms with Crippen molar-refractivity contribution in [1.82, 2.24) is 14.3 Å². The van der Waals surface area contributed by atoms with Crippen molar-refractivity contribution in [3.63, 3.8) is 0 Å². The van der Waals surface area contributed by atoms with Gasteiger partial charge in [0.15, 0.2) is 0 Å². The van der Waals surface area contributed by atoms with E-state index in [1.165, 1.54) is 6.33 Å². The van der Waals surface area contributed by atoms with Crippen molar-refractivity contribution in [2.45, 2.75) is 4.90 Å². The van der Waals surface area contributed by atoms with Gasteiger partial charge in [-0.15, -0.1) is 0 Å². The smallest absolute Gasteiger partial charge is 0.243 e. The topological polar surface area (TPSA) is 89.2 Å². The lowest BCUT2D eigenvalue weighted by Gasteiger charge is -2.25. The number of nitrogen functional groups attached to an aromatic ring is 1. The molecular weight excluding hydrogens is 368 g/mol. The van der Waals surface area contributed by atoms with Crippen molar-refractivity contribution >= 4 is 38.5 Å². The van der Waals surface area contributed by atoms with Crippen LogP contribution in [0.25, 0.3) is 22.0 Å². The molecule has 2 aromatic carbocycles. The lowest BCUT2D eigenvalue weighted by atomic mass is 10.0. The third-order valence-electron chi connectivity index (χ3n) is 4.46. The molecule has 1 aliphatic heterocycles. The molecule has 8 heteroatoms. The molecule has 0 radical (unpaired) electrons. The highest BCUT2D eigenvalue weighted by molar-refractivity contribution is 7.99. The summed E-state index contributed by atoms with van der Waals surface area (Å²) >= 11 is 1.79. The maximum Gasteiger partial charge on any atom is 0.243 e. The lowest BCUT2D eigenvalue weighted by Crippen LogP contribution is -2.37. The molecule has 4 rings (SSSR count). The van der Waals surface area contributed by atoms with Crippen molar-refractivity contribution in [2.24, 2.45) is 0 Å². The van der Waals surface area contributed by atoms with Crippen molar-refractivity contribution in [2.75, 3.05) is 30.3 Å². The summed E-state index contributed by atoms with van der Waals surface area (Å²) in [6, 6.07) is 12.7. The van der Waals surface area contributed by atoms with E-state index in [4.69, 9.17) is 5.73 Å². The zero-order chi connectivity index (χ0) is 18.1. The zero-order valence-electron chi connectivity index (χ0n) is 14.0. The molecule has 0 aliphatic carbocycles. The molecule has 2 heterocycles. The maximum atomic E-state index is 12.7. The van der Waals surface area contributed by atoms with E-state index in [9.17, 15) is 8.42 Å². The van der Waals surface area contributed by atoms with Crippen molar-refractivity contribution in [1.29, 1.82) is 0 Å². The van der Waals surface area contributed by atoms with Gasteiger partial charge in [0.1, 0.15) is 12.1 Å². The number of nitrogens with two attached hydrogens (primary N) is 1. The van der Waals surface area contributed by atoms with E-state index in [1.807, 2.05) is 30.3 Å². The number of thioether (sulfide) groups is 1. The summed E-state index contributed by atoms with van der Waals surface area (Å²) in [7, 11) is -3.42. The third kappa shape index (κ3) is 3.15. The number of aromatic nitrogens is 2. The van der Waals surface area contributed by atoms with Gasteiger partial charge in [-0.3, -0.25) is 0 Å². The number of anilines is 1. The Balaban J connectivity index is 1.67. The average Bonchev–Trinajstić information content (AvgIpc) is 2.69. The van der Waals surface area contributed by atoms with Crippen LogP contribution in [0.15, 0.2) is 53.7 Å². The lowest BCUT2D eigenvalue weighted by molar-refractivity contribution is 0.443. The molecule has 1 saturated heterocycles. The van der Waals surface area contributed by atoms with Gasteiger partial charge in [-0.2, -0.15) is 16.1 Å². The summed E-state index contributed by atoms with van der Waals surface area (Å²) in [5.41, 5.74) is 8.57. The third-order valence-corrected chi connectivity index (χ3v) is 7.32. The SMILES string of the molecule is Nc1ncnc2ccc(-c3ccc(S(=O)(=O)N4CCSCC4)cc3)cc12. The fraction of sp³-hybridized carbons (Fsp3) is 0.222. The fourth-order valence-corrected chi connectivity index (χ4v) is 5.59. The Hall–Kier alpha value is -2.16. The van der Waals surface area contributed by atoms with Crippen molar-refractivity contribution in [3.8, 4) is 11.1 Å². The van der Waals surface area contributed by atoms with Gasteiger partial charge in [0, 0.05) is 30.0 Å². The van der Waals surface area contributed by atoms with Gasteiger partial charge in [-0.25, -0.2) is 18.4 Å². The quantitative estimate of drug-likeness (QED) is 0.744. The molecular formula is C18H18N4O2S2. The van der Waals surface area contributed by atoms with Crippen LogP contribution in [-0.4, -0.2) is 47.3 Å². The minimum absolute atomic E-state index is 0.330. The predicted octanol–water partition coefficient (Wildman–Crippen LogP) is 2.62. The Kier molecular flexibility index (Phi) is 4.56. The Morgan fingerprint density at radius 1 is 0.962 bits per heavy atom. The number of hydrogen-bond acceptors (Lipinski definition) is 6. The number of hydrogen-bond donors (Lipinski definition) is 1.